The van der Waals surface area contributed by atoms with Gasteiger partial charge in [-0.25, -0.2) is 9.97 Å². The summed E-state index contributed by atoms with van der Waals surface area (Å²) in [6.45, 7) is 1.66. The maximum Gasteiger partial charge on any atom is 0.245 e. The SMILES string of the molecule is COc1ncnc2c1nc(CCl)n2C(C)C(N)=O. The van der Waals surface area contributed by atoms with Crippen molar-refractivity contribution in [2.75, 3.05) is 7.11 Å². The largest absolute Gasteiger partial charge is 0.479 e. The molecule has 2 aromatic heterocycles. The third kappa shape index (κ3) is 1.86. The minimum Gasteiger partial charge on any atom is -0.479 e. The van der Waals surface area contributed by atoms with E-state index in [4.69, 9.17) is 22.1 Å². The van der Waals surface area contributed by atoms with Gasteiger partial charge in [0.15, 0.2) is 11.2 Å². The Morgan fingerprint density at radius 1 is 1.61 bits per heavy atom. The topological polar surface area (TPSA) is 95.9 Å². The van der Waals surface area contributed by atoms with Gasteiger partial charge in [0.1, 0.15) is 18.2 Å². The van der Waals surface area contributed by atoms with Crippen LogP contribution in [0.15, 0.2) is 6.33 Å². The lowest BCUT2D eigenvalue weighted by Gasteiger charge is -2.12. The van der Waals surface area contributed by atoms with Gasteiger partial charge in [-0.2, -0.15) is 4.98 Å². The number of carbonyl (C=O) groups excluding carboxylic acids is 1. The second-order valence-electron chi connectivity index (χ2n) is 3.67. The molecule has 0 spiro atoms. The number of primary amides is 1. The zero-order chi connectivity index (χ0) is 13.3. The van der Waals surface area contributed by atoms with Crippen LogP contribution >= 0.6 is 11.6 Å². The van der Waals surface area contributed by atoms with E-state index in [1.807, 2.05) is 0 Å². The lowest BCUT2D eigenvalue weighted by atomic mass is 10.3. The van der Waals surface area contributed by atoms with Crippen molar-refractivity contribution in [3.8, 4) is 5.88 Å². The summed E-state index contributed by atoms with van der Waals surface area (Å²) in [7, 11) is 1.48. The standard InChI is InChI=1S/C10H12ClN5O2/c1-5(8(12)17)16-6(3-11)15-7-9(16)13-4-14-10(7)18-2/h4-5H,3H2,1-2H3,(H2,12,17). The molecule has 0 bridgehead atoms. The predicted octanol–water partition coefficient (Wildman–Crippen LogP) is 0.620. The summed E-state index contributed by atoms with van der Waals surface area (Å²) in [6.07, 6.45) is 1.34. The van der Waals surface area contributed by atoms with E-state index in [1.54, 1.807) is 11.5 Å². The number of hydrogen-bond donors (Lipinski definition) is 1. The monoisotopic (exact) mass is 269 g/mol. The number of ether oxygens (including phenoxy) is 1. The number of hydrogen-bond acceptors (Lipinski definition) is 5. The summed E-state index contributed by atoms with van der Waals surface area (Å²) >= 11 is 5.82. The molecule has 1 amide bonds. The van der Waals surface area contributed by atoms with Gasteiger partial charge in [0.25, 0.3) is 0 Å². The van der Waals surface area contributed by atoms with E-state index in [0.29, 0.717) is 22.9 Å². The van der Waals surface area contributed by atoms with Crippen molar-refractivity contribution in [3.05, 3.63) is 12.2 Å². The van der Waals surface area contributed by atoms with Crippen molar-refractivity contribution in [3.63, 3.8) is 0 Å². The second-order valence-corrected chi connectivity index (χ2v) is 3.93. The molecule has 0 aliphatic heterocycles. The van der Waals surface area contributed by atoms with Gasteiger partial charge in [-0.05, 0) is 6.92 Å². The van der Waals surface area contributed by atoms with Crippen LogP contribution in [0.4, 0.5) is 0 Å². The molecule has 0 aliphatic rings. The van der Waals surface area contributed by atoms with Gasteiger partial charge >= 0.3 is 0 Å². The first-order valence-corrected chi connectivity index (χ1v) is 5.74. The van der Waals surface area contributed by atoms with Crippen molar-refractivity contribution in [2.24, 2.45) is 5.73 Å². The Kier molecular flexibility index (Phi) is 3.33. The van der Waals surface area contributed by atoms with E-state index in [-0.39, 0.29) is 5.88 Å². The summed E-state index contributed by atoms with van der Waals surface area (Å²) in [4.78, 5) is 23.7. The highest BCUT2D eigenvalue weighted by Crippen LogP contribution is 2.25. The van der Waals surface area contributed by atoms with Crippen LogP contribution in [-0.4, -0.2) is 32.5 Å². The average molecular weight is 270 g/mol. The number of amides is 1. The number of aromatic nitrogens is 4. The Labute approximate surface area is 108 Å². The molecular formula is C10H12ClN5O2. The molecule has 0 saturated carbocycles. The van der Waals surface area contributed by atoms with Gasteiger partial charge in [0.05, 0.1) is 13.0 Å². The Bertz CT molecular complexity index is 597. The lowest BCUT2D eigenvalue weighted by molar-refractivity contribution is -0.120. The fraction of sp³-hybridized carbons (Fsp3) is 0.400. The quantitative estimate of drug-likeness (QED) is 0.821. The lowest BCUT2D eigenvalue weighted by Crippen LogP contribution is -2.25. The Balaban J connectivity index is 2.74. The van der Waals surface area contributed by atoms with Gasteiger partial charge in [-0.1, -0.05) is 0 Å². The first-order valence-electron chi connectivity index (χ1n) is 5.21. The molecule has 0 radical (unpaired) electrons. The third-order valence-electron chi connectivity index (χ3n) is 2.63. The first-order chi connectivity index (χ1) is 8.60. The van der Waals surface area contributed by atoms with Crippen LogP contribution in [0.1, 0.15) is 18.8 Å². The smallest absolute Gasteiger partial charge is 0.245 e. The highest BCUT2D eigenvalue weighted by molar-refractivity contribution is 6.16. The molecule has 1 unspecified atom stereocenters. The number of nitrogens with two attached hydrogens (primary N) is 1. The van der Waals surface area contributed by atoms with Crippen LogP contribution < -0.4 is 10.5 Å². The molecule has 2 rings (SSSR count). The highest BCUT2D eigenvalue weighted by atomic mass is 35.5. The first kappa shape index (κ1) is 12.6. The third-order valence-corrected chi connectivity index (χ3v) is 2.87. The average Bonchev–Trinajstić information content (AvgIpc) is 2.75. The Morgan fingerprint density at radius 2 is 2.33 bits per heavy atom. The normalized spacial score (nSPS) is 12.6. The van der Waals surface area contributed by atoms with E-state index in [1.165, 1.54) is 13.4 Å². The van der Waals surface area contributed by atoms with Gasteiger partial charge in [0, 0.05) is 0 Å². The number of nitrogens with zero attached hydrogens (tertiary/aromatic N) is 4. The number of halogens is 1. The maximum absolute atomic E-state index is 11.3. The minimum atomic E-state index is -0.594. The van der Waals surface area contributed by atoms with Crippen molar-refractivity contribution in [2.45, 2.75) is 18.8 Å². The summed E-state index contributed by atoms with van der Waals surface area (Å²) in [6, 6.07) is -0.594. The van der Waals surface area contributed by atoms with Gasteiger partial charge < -0.3 is 10.5 Å². The number of methoxy groups -OCH3 is 1. The van der Waals surface area contributed by atoms with E-state index in [2.05, 4.69) is 15.0 Å². The van der Waals surface area contributed by atoms with Crippen LogP contribution in [0.3, 0.4) is 0 Å². The highest BCUT2D eigenvalue weighted by Gasteiger charge is 2.22. The fourth-order valence-corrected chi connectivity index (χ4v) is 1.90. The Morgan fingerprint density at radius 3 is 2.89 bits per heavy atom. The molecule has 0 fully saturated rings. The van der Waals surface area contributed by atoms with Crippen LogP contribution in [0, 0.1) is 0 Å². The molecule has 96 valence electrons. The van der Waals surface area contributed by atoms with Crippen LogP contribution in [0.5, 0.6) is 5.88 Å². The van der Waals surface area contributed by atoms with E-state index >= 15 is 0 Å². The number of fused-ring (bicyclic) bond motifs is 1. The number of rotatable bonds is 4. The van der Waals surface area contributed by atoms with Crippen molar-refractivity contribution >= 4 is 28.7 Å². The summed E-state index contributed by atoms with van der Waals surface area (Å²) < 4.78 is 6.69. The molecule has 7 nitrogen and oxygen atoms in total. The number of imidazole rings is 1. The molecule has 8 heteroatoms. The molecule has 2 aromatic rings. The molecule has 1 atom stereocenters. The van der Waals surface area contributed by atoms with Crippen molar-refractivity contribution < 1.29 is 9.53 Å². The summed E-state index contributed by atoms with van der Waals surface area (Å²) in [5.74, 6) is 0.480. The molecule has 0 aliphatic carbocycles. The molecule has 18 heavy (non-hydrogen) atoms. The molecule has 0 aromatic carbocycles. The number of alkyl halides is 1. The summed E-state index contributed by atoms with van der Waals surface area (Å²) in [5, 5.41) is 0. The maximum atomic E-state index is 11.3. The van der Waals surface area contributed by atoms with E-state index in [0.717, 1.165) is 0 Å². The molecule has 2 heterocycles. The van der Waals surface area contributed by atoms with Crippen LogP contribution in [0.25, 0.3) is 11.2 Å². The van der Waals surface area contributed by atoms with Crippen LogP contribution in [0.2, 0.25) is 0 Å². The molecule has 2 N–H and O–H groups in total. The van der Waals surface area contributed by atoms with Crippen molar-refractivity contribution in [1.82, 2.24) is 19.5 Å². The van der Waals surface area contributed by atoms with E-state index in [9.17, 15) is 4.79 Å². The van der Waals surface area contributed by atoms with Gasteiger partial charge in [0.2, 0.25) is 11.8 Å². The Hall–Kier alpha value is -1.89. The zero-order valence-electron chi connectivity index (χ0n) is 9.92. The number of carbonyl (C=O) groups is 1. The fourth-order valence-electron chi connectivity index (χ4n) is 1.71. The van der Waals surface area contributed by atoms with E-state index < -0.39 is 11.9 Å². The molecule has 0 saturated heterocycles. The zero-order valence-corrected chi connectivity index (χ0v) is 10.7. The predicted molar refractivity (Wildman–Crippen MR) is 65.3 cm³/mol. The summed E-state index contributed by atoms with van der Waals surface area (Å²) in [5.41, 5.74) is 6.24. The molecular weight excluding hydrogens is 258 g/mol. The van der Waals surface area contributed by atoms with Crippen LogP contribution in [-0.2, 0) is 10.7 Å². The second kappa shape index (κ2) is 4.77. The minimum absolute atomic E-state index is 0.136. The van der Waals surface area contributed by atoms with Gasteiger partial charge in [-0.15, -0.1) is 11.6 Å². The van der Waals surface area contributed by atoms with Gasteiger partial charge in [-0.3, -0.25) is 9.36 Å². The van der Waals surface area contributed by atoms with Crippen molar-refractivity contribution in [1.29, 1.82) is 0 Å².